The second-order valence-corrected chi connectivity index (χ2v) is 3.56. The monoisotopic (exact) mass is 222 g/mol. The highest BCUT2D eigenvalue weighted by atomic mass is 35.5. The second kappa shape index (κ2) is 3.99. The van der Waals surface area contributed by atoms with Crippen molar-refractivity contribution in [3.63, 3.8) is 0 Å². The van der Waals surface area contributed by atoms with Gasteiger partial charge in [-0.25, -0.2) is 0 Å². The molecular weight excluding hydrogens is 217 g/mol. The Bertz CT molecular complexity index is 411. The van der Waals surface area contributed by atoms with Crippen molar-refractivity contribution in [3.8, 4) is 11.3 Å². The van der Waals surface area contributed by atoms with Gasteiger partial charge in [0.25, 0.3) is 0 Å². The van der Waals surface area contributed by atoms with Crippen molar-refractivity contribution in [2.24, 2.45) is 0 Å². The van der Waals surface area contributed by atoms with Crippen molar-refractivity contribution in [1.29, 1.82) is 0 Å². The molecule has 14 heavy (non-hydrogen) atoms. The van der Waals surface area contributed by atoms with Gasteiger partial charge in [-0.2, -0.15) is 0 Å². The van der Waals surface area contributed by atoms with Crippen LogP contribution in [0.25, 0.3) is 11.3 Å². The maximum absolute atomic E-state index is 6.02. The van der Waals surface area contributed by atoms with Crippen LogP contribution in [0.2, 0.25) is 10.0 Å². The molecule has 1 nitrogen and oxygen atoms in total. The molecule has 0 atom stereocenters. The molecule has 0 bridgehead atoms. The lowest BCUT2D eigenvalue weighted by Crippen LogP contribution is -1.84. The van der Waals surface area contributed by atoms with Gasteiger partial charge in [-0.1, -0.05) is 41.4 Å². The zero-order valence-corrected chi connectivity index (χ0v) is 8.68. The summed E-state index contributed by atoms with van der Waals surface area (Å²) in [5, 5.41) is 1.20. The van der Waals surface area contributed by atoms with Crippen LogP contribution in [0.5, 0.6) is 0 Å². The third-order valence-corrected chi connectivity index (χ3v) is 2.45. The third kappa shape index (κ3) is 1.74. The summed E-state index contributed by atoms with van der Waals surface area (Å²) in [6.07, 6.45) is 1.57. The quantitative estimate of drug-likeness (QED) is 0.715. The van der Waals surface area contributed by atoms with Gasteiger partial charge in [0.05, 0.1) is 15.7 Å². The van der Waals surface area contributed by atoms with Crippen LogP contribution in [-0.4, -0.2) is 4.98 Å². The number of hydrogen-bond donors (Lipinski definition) is 0. The van der Waals surface area contributed by atoms with Gasteiger partial charge in [0.2, 0.25) is 0 Å². The van der Waals surface area contributed by atoms with Crippen molar-refractivity contribution in [3.05, 3.63) is 52.6 Å². The fourth-order valence-electron chi connectivity index (χ4n) is 1.19. The third-order valence-electron chi connectivity index (χ3n) is 1.83. The normalized spacial score (nSPS) is 10.1. The molecule has 0 aliphatic rings. The van der Waals surface area contributed by atoms with Crippen LogP contribution in [0.15, 0.2) is 36.5 Å². The molecule has 1 radical (unpaired) electrons. The van der Waals surface area contributed by atoms with Crippen molar-refractivity contribution in [1.82, 2.24) is 4.98 Å². The first kappa shape index (κ1) is 9.50. The number of benzene rings is 1. The van der Waals surface area contributed by atoms with Gasteiger partial charge >= 0.3 is 0 Å². The molecule has 0 unspecified atom stereocenters. The Hall–Kier alpha value is -1.05. The number of nitrogens with zero attached hydrogens (tertiary/aromatic N) is 1. The van der Waals surface area contributed by atoms with Crippen molar-refractivity contribution in [2.45, 2.75) is 0 Å². The summed E-state index contributed by atoms with van der Waals surface area (Å²) in [4.78, 5) is 4.14. The SMILES string of the molecule is Clc1ccccc1-c1nc[c]cc1Cl. The molecule has 0 N–H and O–H groups in total. The highest BCUT2D eigenvalue weighted by Crippen LogP contribution is 2.30. The molecule has 1 heterocycles. The van der Waals surface area contributed by atoms with E-state index in [9.17, 15) is 0 Å². The number of hydrogen-bond acceptors (Lipinski definition) is 1. The number of halogens is 2. The van der Waals surface area contributed by atoms with E-state index in [0.29, 0.717) is 15.7 Å². The van der Waals surface area contributed by atoms with E-state index in [2.05, 4.69) is 11.1 Å². The highest BCUT2D eigenvalue weighted by Gasteiger charge is 2.06. The molecule has 2 aromatic rings. The minimum Gasteiger partial charge on any atom is -0.254 e. The van der Waals surface area contributed by atoms with Gasteiger partial charge in [0.1, 0.15) is 0 Å². The molecule has 69 valence electrons. The van der Waals surface area contributed by atoms with E-state index in [0.717, 1.165) is 5.56 Å². The summed E-state index contributed by atoms with van der Waals surface area (Å²) in [5.74, 6) is 0. The molecule has 1 aromatic heterocycles. The summed E-state index contributed by atoms with van der Waals surface area (Å²) >= 11 is 12.0. The summed E-state index contributed by atoms with van der Waals surface area (Å²) in [6.45, 7) is 0. The van der Waals surface area contributed by atoms with Gasteiger partial charge in [-0.3, -0.25) is 4.98 Å². The average molecular weight is 223 g/mol. The minimum absolute atomic E-state index is 0.556. The van der Waals surface area contributed by atoms with E-state index in [1.54, 1.807) is 12.3 Å². The zero-order valence-electron chi connectivity index (χ0n) is 7.17. The Balaban J connectivity index is 2.61. The van der Waals surface area contributed by atoms with E-state index in [1.807, 2.05) is 24.3 Å². The first-order chi connectivity index (χ1) is 6.79. The Morgan fingerprint density at radius 1 is 1.07 bits per heavy atom. The maximum Gasteiger partial charge on any atom is 0.0903 e. The fraction of sp³-hybridized carbons (Fsp3) is 0. The van der Waals surface area contributed by atoms with Crippen LogP contribution in [0.4, 0.5) is 0 Å². The number of rotatable bonds is 1. The fourth-order valence-corrected chi connectivity index (χ4v) is 1.63. The standard InChI is InChI=1S/C11H6Cl2N/c12-9-5-2-1-4-8(9)11-10(13)6-3-7-14-11/h1-2,4-7H. The Morgan fingerprint density at radius 3 is 2.57 bits per heavy atom. The lowest BCUT2D eigenvalue weighted by Gasteiger charge is -2.04. The predicted octanol–water partition coefficient (Wildman–Crippen LogP) is 3.86. The maximum atomic E-state index is 6.02. The molecule has 2 rings (SSSR count). The average Bonchev–Trinajstić information content (AvgIpc) is 2.20. The predicted molar refractivity (Wildman–Crippen MR) is 58.5 cm³/mol. The molecule has 3 heteroatoms. The van der Waals surface area contributed by atoms with Gasteiger partial charge in [-0.05, 0) is 12.1 Å². The lowest BCUT2D eigenvalue weighted by atomic mass is 10.1. The molecule has 0 saturated carbocycles. The topological polar surface area (TPSA) is 12.9 Å². The van der Waals surface area contributed by atoms with Gasteiger partial charge in [0.15, 0.2) is 0 Å². The summed E-state index contributed by atoms with van der Waals surface area (Å²) in [6, 6.07) is 11.9. The van der Waals surface area contributed by atoms with Crippen LogP contribution >= 0.6 is 23.2 Å². The molecule has 1 aromatic carbocycles. The smallest absolute Gasteiger partial charge is 0.0903 e. The van der Waals surface area contributed by atoms with Crippen LogP contribution in [0, 0.1) is 6.07 Å². The first-order valence-corrected chi connectivity index (χ1v) is 4.81. The Morgan fingerprint density at radius 2 is 1.86 bits per heavy atom. The minimum atomic E-state index is 0.556. The summed E-state index contributed by atoms with van der Waals surface area (Å²) < 4.78 is 0. The Labute approximate surface area is 92.3 Å². The van der Waals surface area contributed by atoms with Crippen molar-refractivity contribution in [2.75, 3.05) is 0 Å². The van der Waals surface area contributed by atoms with Crippen LogP contribution in [-0.2, 0) is 0 Å². The first-order valence-electron chi connectivity index (χ1n) is 4.05. The van der Waals surface area contributed by atoms with Gasteiger partial charge < -0.3 is 0 Å². The van der Waals surface area contributed by atoms with E-state index in [4.69, 9.17) is 23.2 Å². The van der Waals surface area contributed by atoms with Gasteiger partial charge in [-0.15, -0.1) is 0 Å². The van der Waals surface area contributed by atoms with Crippen molar-refractivity contribution >= 4 is 23.2 Å². The van der Waals surface area contributed by atoms with E-state index in [1.165, 1.54) is 0 Å². The highest BCUT2D eigenvalue weighted by molar-refractivity contribution is 6.36. The van der Waals surface area contributed by atoms with Crippen LogP contribution in [0.1, 0.15) is 0 Å². The van der Waals surface area contributed by atoms with Crippen LogP contribution < -0.4 is 0 Å². The molecule has 0 saturated heterocycles. The molecular formula is C11H6Cl2N. The number of aromatic nitrogens is 1. The molecule has 0 spiro atoms. The lowest BCUT2D eigenvalue weighted by molar-refractivity contribution is 1.32. The van der Waals surface area contributed by atoms with E-state index in [-0.39, 0.29) is 0 Å². The molecule has 0 fully saturated rings. The zero-order chi connectivity index (χ0) is 9.97. The van der Waals surface area contributed by atoms with E-state index < -0.39 is 0 Å². The summed E-state index contributed by atoms with van der Waals surface area (Å²) in [5.41, 5.74) is 1.53. The van der Waals surface area contributed by atoms with Crippen molar-refractivity contribution < 1.29 is 0 Å². The van der Waals surface area contributed by atoms with Gasteiger partial charge in [0, 0.05) is 17.8 Å². The Kier molecular flexibility index (Phi) is 2.71. The number of pyridine rings is 1. The van der Waals surface area contributed by atoms with Crippen LogP contribution in [0.3, 0.4) is 0 Å². The largest absolute Gasteiger partial charge is 0.254 e. The summed E-state index contributed by atoms with van der Waals surface area (Å²) in [7, 11) is 0. The molecule has 0 aliphatic carbocycles. The van der Waals surface area contributed by atoms with E-state index >= 15 is 0 Å². The molecule has 0 aliphatic heterocycles. The second-order valence-electron chi connectivity index (χ2n) is 2.75. The molecule has 0 amide bonds.